The smallest absolute Gasteiger partial charge is 0.303 e. The van der Waals surface area contributed by atoms with Gasteiger partial charge in [-0.2, -0.15) is 0 Å². The van der Waals surface area contributed by atoms with E-state index in [0.717, 1.165) is 38.5 Å². The van der Waals surface area contributed by atoms with Gasteiger partial charge in [0.1, 0.15) is 18.3 Å². The Balaban J connectivity index is 1.15. The van der Waals surface area contributed by atoms with Gasteiger partial charge in [0.2, 0.25) is 0 Å². The Labute approximate surface area is 291 Å². The van der Waals surface area contributed by atoms with Gasteiger partial charge in [0.25, 0.3) is 0 Å². The average molecular weight is 695 g/mol. The van der Waals surface area contributed by atoms with Crippen LogP contribution in [0.5, 0.6) is 0 Å². The molecule has 7 rings (SSSR count). The van der Waals surface area contributed by atoms with Crippen molar-refractivity contribution < 1.29 is 54.4 Å². The molecule has 0 bridgehead atoms. The van der Waals surface area contributed by atoms with E-state index >= 15 is 0 Å². The van der Waals surface area contributed by atoms with E-state index in [1.165, 1.54) is 6.92 Å². The quantitative estimate of drug-likeness (QED) is 0.178. The molecule has 7 aliphatic rings. The Hall–Kier alpha value is -0.890. The lowest BCUT2D eigenvalue weighted by Gasteiger charge is -2.64. The molecule has 0 unspecified atom stereocenters. The van der Waals surface area contributed by atoms with E-state index in [1.807, 2.05) is 0 Å². The van der Waals surface area contributed by atoms with Gasteiger partial charge in [0.15, 0.2) is 12.4 Å². The van der Waals surface area contributed by atoms with Crippen molar-refractivity contribution in [3.05, 3.63) is 0 Å². The fraction of sp³-hybridized carbons (Fsp3) is 0.974. The average Bonchev–Trinajstić information content (AvgIpc) is 3.34. The van der Waals surface area contributed by atoms with Gasteiger partial charge in [-0.05, 0) is 117 Å². The molecular weight excluding hydrogens is 632 g/mol. The summed E-state index contributed by atoms with van der Waals surface area (Å²) in [6, 6.07) is 0. The summed E-state index contributed by atoms with van der Waals surface area (Å²) in [7, 11) is 0. The van der Waals surface area contributed by atoms with Crippen LogP contribution in [0.4, 0.5) is 0 Å². The van der Waals surface area contributed by atoms with Crippen LogP contribution in [-0.4, -0.2) is 110 Å². The Morgan fingerprint density at radius 3 is 2.18 bits per heavy atom. The number of esters is 1. The van der Waals surface area contributed by atoms with E-state index in [4.69, 9.17) is 18.9 Å². The Morgan fingerprint density at radius 1 is 0.878 bits per heavy atom. The molecule has 11 nitrogen and oxygen atoms in total. The van der Waals surface area contributed by atoms with Crippen LogP contribution >= 0.6 is 0 Å². The van der Waals surface area contributed by atoms with E-state index in [-0.39, 0.29) is 45.5 Å². The van der Waals surface area contributed by atoms with Gasteiger partial charge in [-0.3, -0.25) is 4.79 Å². The lowest BCUT2D eigenvalue weighted by atomic mass is 9.41. The van der Waals surface area contributed by atoms with Crippen LogP contribution in [0.1, 0.15) is 113 Å². The van der Waals surface area contributed by atoms with Crippen molar-refractivity contribution >= 4 is 5.97 Å². The van der Waals surface area contributed by atoms with Crippen molar-refractivity contribution in [3.63, 3.8) is 0 Å². The van der Waals surface area contributed by atoms with Gasteiger partial charge in [0, 0.05) is 12.8 Å². The molecule has 0 amide bonds. The third-order valence-corrected chi connectivity index (χ3v) is 16.2. The minimum Gasteiger partial charge on any atom is -0.454 e. The van der Waals surface area contributed by atoms with E-state index < -0.39 is 78.2 Å². The topological polar surface area (TPSA) is 175 Å². The number of hydrogen-bond donors (Lipinski definition) is 6. The van der Waals surface area contributed by atoms with Crippen LogP contribution in [-0.2, 0) is 23.7 Å². The highest BCUT2D eigenvalue weighted by Crippen LogP contribution is 2.89. The number of fused-ring (bicyclic) bond motifs is 2. The second-order valence-electron chi connectivity index (χ2n) is 19.3. The fourth-order valence-corrected chi connectivity index (χ4v) is 14.0. The van der Waals surface area contributed by atoms with E-state index in [2.05, 4.69) is 34.6 Å². The van der Waals surface area contributed by atoms with Crippen molar-refractivity contribution in [2.24, 2.45) is 44.8 Å². The molecule has 0 aromatic carbocycles. The number of carbonyl (C=O) groups is 1. The molecule has 11 heteroatoms. The van der Waals surface area contributed by atoms with E-state index in [9.17, 15) is 35.4 Å². The zero-order valence-electron chi connectivity index (χ0n) is 30.7. The molecule has 0 aromatic heterocycles. The predicted octanol–water partition coefficient (Wildman–Crippen LogP) is 2.83. The molecule has 2 saturated heterocycles. The lowest BCUT2D eigenvalue weighted by molar-refractivity contribution is -0.330. The first-order valence-electron chi connectivity index (χ1n) is 18.8. The number of carbonyl (C=O) groups excluding carboxylic acids is 1. The minimum atomic E-state index is -1.49. The first-order chi connectivity index (χ1) is 22.6. The number of ether oxygens (including phenoxy) is 4. The molecular formula is C38H62O11. The third-order valence-electron chi connectivity index (χ3n) is 16.2. The van der Waals surface area contributed by atoms with Crippen LogP contribution in [0.2, 0.25) is 0 Å². The summed E-state index contributed by atoms with van der Waals surface area (Å²) in [4.78, 5) is 12.0. The van der Waals surface area contributed by atoms with Gasteiger partial charge < -0.3 is 49.6 Å². The van der Waals surface area contributed by atoms with E-state index in [1.54, 1.807) is 13.8 Å². The number of rotatable bonds is 6. The van der Waals surface area contributed by atoms with Crippen molar-refractivity contribution in [1.29, 1.82) is 0 Å². The maximum Gasteiger partial charge on any atom is 0.303 e. The standard InChI is InChI=1S/C38H62O11/c1-19(40)46-28-27(44)26(43)22(17-39)47-31(28)48-24-10-12-38-18-37(38)14-13-34(6)30(36(8)11-9-25(49-36)33(4,5)45)21(42)16-35(34,7)23(37)15-20(41)29(38)32(24,2)3/h20-31,39,41-45H,9-18H2,1-8H3/t20-,21-,22+,23+,24-,25-,26+,27-,28+,29+,30-,31-,34+,35-,36+,37-,38+/m0/s1. The van der Waals surface area contributed by atoms with Crippen LogP contribution in [0.3, 0.4) is 0 Å². The number of hydrogen-bond acceptors (Lipinski definition) is 11. The van der Waals surface area contributed by atoms with Gasteiger partial charge in [-0.25, -0.2) is 0 Å². The Bertz CT molecular complexity index is 1320. The zero-order valence-corrected chi connectivity index (χ0v) is 30.7. The summed E-state index contributed by atoms with van der Waals surface area (Å²) in [5, 5.41) is 66.2. The molecule has 2 heterocycles. The van der Waals surface area contributed by atoms with Crippen LogP contribution in [0.25, 0.3) is 0 Å². The largest absolute Gasteiger partial charge is 0.454 e. The van der Waals surface area contributed by atoms with Crippen molar-refractivity contribution in [2.45, 2.75) is 180 Å². The molecule has 5 saturated carbocycles. The maximum absolute atomic E-state index is 12.3. The molecule has 0 aromatic rings. The highest BCUT2D eigenvalue weighted by Gasteiger charge is 2.85. The summed E-state index contributed by atoms with van der Waals surface area (Å²) >= 11 is 0. The van der Waals surface area contributed by atoms with Gasteiger partial charge >= 0.3 is 5.97 Å². The maximum atomic E-state index is 12.3. The monoisotopic (exact) mass is 694 g/mol. The van der Waals surface area contributed by atoms with Crippen LogP contribution < -0.4 is 0 Å². The zero-order chi connectivity index (χ0) is 35.9. The second-order valence-corrected chi connectivity index (χ2v) is 19.3. The second kappa shape index (κ2) is 11.3. The van der Waals surface area contributed by atoms with Gasteiger partial charge in [-0.1, -0.05) is 27.7 Å². The number of aliphatic hydroxyl groups is 6. The van der Waals surface area contributed by atoms with Crippen LogP contribution in [0, 0.1) is 44.8 Å². The van der Waals surface area contributed by atoms with Gasteiger partial charge in [0.05, 0.1) is 42.2 Å². The first kappa shape index (κ1) is 36.5. The molecule has 280 valence electrons. The molecule has 2 spiro atoms. The van der Waals surface area contributed by atoms with E-state index in [0.29, 0.717) is 19.3 Å². The highest BCUT2D eigenvalue weighted by molar-refractivity contribution is 5.66. The molecule has 49 heavy (non-hydrogen) atoms. The Morgan fingerprint density at radius 2 is 1.57 bits per heavy atom. The SMILES string of the molecule is CC(=O)O[C@H]1[C@H](O[C@H]2CC[C@]34C[C@]35CC[C@]3(C)[C@@H]([C@@]6(C)CC[C@@H](C(C)(C)O)O6)[C@@H](O)C[C@@]3(C)[C@H]5C[C@H](O)[C@@H]4C2(C)C)O[C@H](CO)[C@@H](O)[C@@H]1O. The molecule has 0 radical (unpaired) electrons. The summed E-state index contributed by atoms with van der Waals surface area (Å²) in [5.41, 5.74) is -2.42. The first-order valence-corrected chi connectivity index (χ1v) is 18.8. The predicted molar refractivity (Wildman–Crippen MR) is 177 cm³/mol. The summed E-state index contributed by atoms with van der Waals surface area (Å²) in [5.74, 6) is -0.538. The number of aliphatic hydroxyl groups excluding tert-OH is 5. The van der Waals surface area contributed by atoms with Crippen molar-refractivity contribution in [2.75, 3.05) is 6.61 Å². The molecule has 7 fully saturated rings. The van der Waals surface area contributed by atoms with Crippen LogP contribution in [0.15, 0.2) is 0 Å². The fourth-order valence-electron chi connectivity index (χ4n) is 14.0. The molecule has 5 aliphatic carbocycles. The summed E-state index contributed by atoms with van der Waals surface area (Å²) in [6.07, 6.45) is -0.835. The summed E-state index contributed by atoms with van der Waals surface area (Å²) in [6.45, 7) is 15.5. The molecule has 2 aliphatic heterocycles. The molecule has 17 atom stereocenters. The normalized spacial score (nSPS) is 56.3. The van der Waals surface area contributed by atoms with Crippen molar-refractivity contribution in [1.82, 2.24) is 0 Å². The van der Waals surface area contributed by atoms with Crippen molar-refractivity contribution in [3.8, 4) is 0 Å². The minimum absolute atomic E-state index is 0.0545. The highest BCUT2D eigenvalue weighted by atomic mass is 16.7. The molecule has 6 N–H and O–H groups in total. The third kappa shape index (κ3) is 4.88. The Kier molecular flexibility index (Phi) is 8.42. The lowest BCUT2D eigenvalue weighted by Crippen LogP contribution is -2.64. The van der Waals surface area contributed by atoms with Gasteiger partial charge in [-0.15, -0.1) is 0 Å². The summed E-state index contributed by atoms with van der Waals surface area (Å²) < 4.78 is 24.6.